The van der Waals surface area contributed by atoms with Crippen molar-refractivity contribution in [1.29, 1.82) is 0 Å². The fourth-order valence-corrected chi connectivity index (χ4v) is 17.1. The summed E-state index contributed by atoms with van der Waals surface area (Å²) in [5.74, 6) is 0.634. The first-order valence-corrected chi connectivity index (χ1v) is 16.8. The summed E-state index contributed by atoms with van der Waals surface area (Å²) in [6.07, 6.45) is 10.3. The van der Waals surface area contributed by atoms with E-state index in [1.165, 1.54) is 55.8 Å². The zero-order valence-corrected chi connectivity index (χ0v) is 19.0. The molecule has 142 valence electrons. The van der Waals surface area contributed by atoms with Gasteiger partial charge in [0.1, 0.15) is 0 Å². The van der Waals surface area contributed by atoms with Gasteiger partial charge in [-0.1, -0.05) is 0 Å². The third-order valence-corrected chi connectivity index (χ3v) is 17.9. The Morgan fingerprint density at radius 2 is 1.44 bits per heavy atom. The monoisotopic (exact) mass is 406 g/mol. The summed E-state index contributed by atoms with van der Waals surface area (Å²) in [4.78, 5) is 0. The van der Waals surface area contributed by atoms with Crippen LogP contribution in [0.25, 0.3) is 0 Å². The molecule has 0 radical (unpaired) electrons. The van der Waals surface area contributed by atoms with Gasteiger partial charge in [0.15, 0.2) is 0 Å². The Hall–Kier alpha value is -0.277. The van der Waals surface area contributed by atoms with Crippen molar-refractivity contribution < 1.29 is 4.74 Å². The van der Waals surface area contributed by atoms with Crippen molar-refractivity contribution in [3.05, 3.63) is 35.9 Å². The second kappa shape index (κ2) is 11.4. The molecule has 2 atom stereocenters. The van der Waals surface area contributed by atoms with Crippen molar-refractivity contribution in [2.24, 2.45) is 0 Å². The quantitative estimate of drug-likeness (QED) is 0.329. The van der Waals surface area contributed by atoms with Crippen molar-refractivity contribution in [1.82, 2.24) is 0 Å². The summed E-state index contributed by atoms with van der Waals surface area (Å²) in [6.45, 7) is 8.04. The minimum absolute atomic E-state index is 0.552. The SMILES string of the molecule is CCC[CH2][Ge]([CH2]CCC)([CH2]CCC)[CH2][C@H]1C[C@@H](c2ccccc2)CO1. The number of hydrogen-bond acceptors (Lipinski definition) is 1. The first kappa shape index (κ1) is 21.0. The predicted molar refractivity (Wildman–Crippen MR) is 113 cm³/mol. The molecular formula is C23H40GeO. The first-order valence-electron chi connectivity index (χ1n) is 10.9. The molecule has 1 aromatic carbocycles. The van der Waals surface area contributed by atoms with Gasteiger partial charge >= 0.3 is 159 Å². The number of hydrogen-bond donors (Lipinski definition) is 0. The van der Waals surface area contributed by atoms with Crippen molar-refractivity contribution in [2.75, 3.05) is 6.61 Å². The van der Waals surface area contributed by atoms with E-state index in [4.69, 9.17) is 4.74 Å². The van der Waals surface area contributed by atoms with Crippen LogP contribution in [0.5, 0.6) is 0 Å². The molecule has 0 amide bonds. The van der Waals surface area contributed by atoms with E-state index in [0.29, 0.717) is 12.0 Å². The summed E-state index contributed by atoms with van der Waals surface area (Å²) in [7, 11) is 0. The fourth-order valence-electron chi connectivity index (χ4n) is 4.62. The number of benzene rings is 1. The van der Waals surface area contributed by atoms with E-state index in [1.54, 1.807) is 15.8 Å². The van der Waals surface area contributed by atoms with Crippen molar-refractivity contribution in [3.63, 3.8) is 0 Å². The maximum absolute atomic E-state index is 6.36. The standard InChI is InChI=1S/C23H40GeO/c1-4-7-15-24(16-8-5-2,17-9-6-3)19-23-18-22(20-25-23)21-13-11-10-12-14-21/h10-14,22-23H,4-9,15-20H2,1-3H3/t22-,23-/m1/s1. The topological polar surface area (TPSA) is 9.23 Å². The molecule has 1 fully saturated rings. The van der Waals surface area contributed by atoms with E-state index in [1.807, 2.05) is 0 Å². The number of rotatable bonds is 12. The van der Waals surface area contributed by atoms with Crippen molar-refractivity contribution >= 4 is 13.3 Å². The van der Waals surface area contributed by atoms with Crippen LogP contribution in [0.4, 0.5) is 0 Å². The molecule has 1 aliphatic heterocycles. The molecule has 2 heteroatoms. The Morgan fingerprint density at radius 3 is 1.96 bits per heavy atom. The summed E-state index contributed by atoms with van der Waals surface area (Å²) in [6, 6.07) is 11.0. The molecule has 1 saturated heterocycles. The van der Waals surface area contributed by atoms with Crippen molar-refractivity contribution in [2.45, 2.75) is 98.8 Å². The number of ether oxygens (including phenoxy) is 1. The molecule has 1 heterocycles. The summed E-state index contributed by atoms with van der Waals surface area (Å²) >= 11 is -1.78. The molecule has 0 N–H and O–H groups in total. The normalized spacial score (nSPS) is 20.9. The van der Waals surface area contributed by atoms with E-state index in [2.05, 4.69) is 51.1 Å². The van der Waals surface area contributed by atoms with Gasteiger partial charge in [0.25, 0.3) is 0 Å². The molecule has 0 unspecified atom stereocenters. The van der Waals surface area contributed by atoms with E-state index >= 15 is 0 Å². The average molecular weight is 405 g/mol. The van der Waals surface area contributed by atoms with Crippen LogP contribution in [-0.4, -0.2) is 26.0 Å². The van der Waals surface area contributed by atoms with E-state index in [0.717, 1.165) is 6.61 Å². The summed E-state index contributed by atoms with van der Waals surface area (Å²) in [5.41, 5.74) is 1.48. The first-order chi connectivity index (χ1) is 12.2. The van der Waals surface area contributed by atoms with Gasteiger partial charge in [-0.2, -0.15) is 0 Å². The van der Waals surface area contributed by atoms with Gasteiger partial charge in [0.2, 0.25) is 0 Å². The third-order valence-electron chi connectivity index (χ3n) is 6.19. The van der Waals surface area contributed by atoms with Crippen LogP contribution in [0.2, 0.25) is 21.0 Å². The predicted octanol–water partition coefficient (Wildman–Crippen LogP) is 7.41. The molecule has 0 saturated carbocycles. The minimum atomic E-state index is -1.78. The molecular weight excluding hydrogens is 365 g/mol. The van der Waals surface area contributed by atoms with Crippen molar-refractivity contribution in [3.8, 4) is 0 Å². The van der Waals surface area contributed by atoms with E-state index < -0.39 is 13.3 Å². The van der Waals surface area contributed by atoms with E-state index in [-0.39, 0.29) is 0 Å². The molecule has 1 aromatic rings. The average Bonchev–Trinajstić information content (AvgIpc) is 3.12. The van der Waals surface area contributed by atoms with Crippen LogP contribution in [0.3, 0.4) is 0 Å². The molecule has 2 rings (SSSR count). The van der Waals surface area contributed by atoms with Gasteiger partial charge in [-0.25, -0.2) is 0 Å². The molecule has 1 nitrogen and oxygen atoms in total. The number of unbranched alkanes of at least 4 members (excludes halogenated alkanes) is 3. The second-order valence-corrected chi connectivity index (χ2v) is 18.6. The third kappa shape index (κ3) is 6.75. The Balaban J connectivity index is 2.01. The fraction of sp³-hybridized carbons (Fsp3) is 0.739. The van der Waals surface area contributed by atoms with Gasteiger partial charge in [-0.3, -0.25) is 0 Å². The summed E-state index contributed by atoms with van der Waals surface area (Å²) < 4.78 is 6.36. The Bertz CT molecular complexity index is 437. The van der Waals surface area contributed by atoms with Crippen LogP contribution in [0.1, 0.15) is 77.2 Å². The molecule has 1 aliphatic rings. The second-order valence-electron chi connectivity index (χ2n) is 8.31. The van der Waals surface area contributed by atoms with Crippen LogP contribution in [-0.2, 0) is 4.74 Å². The Labute approximate surface area is 159 Å². The van der Waals surface area contributed by atoms with Gasteiger partial charge in [0, 0.05) is 0 Å². The van der Waals surface area contributed by atoms with Crippen LogP contribution >= 0.6 is 0 Å². The molecule has 0 aliphatic carbocycles. The van der Waals surface area contributed by atoms with Gasteiger partial charge in [-0.05, 0) is 0 Å². The Morgan fingerprint density at radius 1 is 0.880 bits per heavy atom. The zero-order chi connectivity index (χ0) is 18.0. The zero-order valence-electron chi connectivity index (χ0n) is 16.9. The summed E-state index contributed by atoms with van der Waals surface area (Å²) in [5, 5.41) is 6.24. The Kier molecular flexibility index (Phi) is 9.62. The van der Waals surface area contributed by atoms with Crippen LogP contribution < -0.4 is 0 Å². The van der Waals surface area contributed by atoms with Gasteiger partial charge < -0.3 is 0 Å². The molecule has 0 aromatic heterocycles. The molecule has 25 heavy (non-hydrogen) atoms. The van der Waals surface area contributed by atoms with Crippen LogP contribution in [0.15, 0.2) is 30.3 Å². The van der Waals surface area contributed by atoms with E-state index in [9.17, 15) is 0 Å². The van der Waals surface area contributed by atoms with Gasteiger partial charge in [-0.15, -0.1) is 0 Å². The molecule has 0 spiro atoms. The van der Waals surface area contributed by atoms with Crippen LogP contribution in [0, 0.1) is 0 Å². The maximum atomic E-state index is 6.36. The van der Waals surface area contributed by atoms with Gasteiger partial charge in [0.05, 0.1) is 0 Å². The molecule has 0 bridgehead atoms.